The molecular weight excluding hydrogens is 410 g/mol. The van der Waals surface area contributed by atoms with E-state index in [9.17, 15) is 19.6 Å². The van der Waals surface area contributed by atoms with Gasteiger partial charge in [-0.25, -0.2) is 8.96 Å². The molecule has 0 saturated carbocycles. The quantitative estimate of drug-likeness (QED) is 0.596. The average Bonchev–Trinajstić information content (AvgIpc) is 2.89. The third-order valence-corrected chi connectivity index (χ3v) is 5.39. The fourth-order valence-corrected chi connectivity index (χ4v) is 3.83. The number of alkyl halides is 1. The second-order valence-electron chi connectivity index (χ2n) is 6.21. The predicted octanol–water partition coefficient (Wildman–Crippen LogP) is 0.881. The Morgan fingerprint density at radius 1 is 1.52 bits per heavy atom. The summed E-state index contributed by atoms with van der Waals surface area (Å²) in [5.74, 6) is -4.81. The maximum absolute atomic E-state index is 15.8. The van der Waals surface area contributed by atoms with Crippen LogP contribution in [0.3, 0.4) is 0 Å². The molecule has 0 aromatic heterocycles. The zero-order valence-corrected chi connectivity index (χ0v) is 15.5. The number of nitrogens with zero attached hydrogens (tertiary/aromatic N) is 1. The van der Waals surface area contributed by atoms with Gasteiger partial charge in [0.15, 0.2) is 6.20 Å². The number of phosphoric ester groups is 1. The van der Waals surface area contributed by atoms with E-state index in [4.69, 9.17) is 22.4 Å². The summed E-state index contributed by atoms with van der Waals surface area (Å²) >= 11 is 0. The monoisotopic (exact) mass is 431 g/mol. The van der Waals surface area contributed by atoms with E-state index in [2.05, 4.69) is 11.9 Å². The average molecular weight is 431 g/mol. The van der Waals surface area contributed by atoms with Gasteiger partial charge in [-0.2, -0.15) is 0 Å². The van der Waals surface area contributed by atoms with E-state index in [0.717, 1.165) is 12.3 Å². The molecule has 4 rings (SSSR count). The van der Waals surface area contributed by atoms with Crippen molar-refractivity contribution in [3.8, 4) is 5.75 Å². The minimum Gasteiger partial charge on any atom is -0.404 e. The summed E-state index contributed by atoms with van der Waals surface area (Å²) in [6.45, 7) is -0.595. The molecular formula is C17H18FN2O8P. The largest absolute Gasteiger partial charge is 0.530 e. The number of aliphatic hydroxyl groups excluding tert-OH is 2. The number of carbonyl (C=O) groups is 1. The van der Waals surface area contributed by atoms with Crippen LogP contribution >= 0.6 is 7.82 Å². The van der Waals surface area contributed by atoms with Crippen LogP contribution < -0.4 is 9.84 Å². The Bertz CT molecular complexity index is 1060. The number of ether oxygens (including phenoxy) is 1. The van der Waals surface area contributed by atoms with Crippen LogP contribution in [0.1, 0.15) is 9.68 Å². The Balaban J connectivity index is 1.62. The number of hydrogen-bond donors (Lipinski definition) is 3. The Morgan fingerprint density at radius 3 is 3.03 bits per heavy atom. The van der Waals surface area contributed by atoms with Crippen molar-refractivity contribution in [2.75, 3.05) is 6.56 Å². The first-order valence-corrected chi connectivity index (χ1v) is 9.73. The minimum atomic E-state index is -4.75. The Hall–Kier alpha value is -2.27. The van der Waals surface area contributed by atoms with Crippen LogP contribution in [0.2, 0.25) is 0 Å². The van der Waals surface area contributed by atoms with Crippen LogP contribution in [0.5, 0.6) is 5.75 Å². The number of nitrogens with one attached hydrogen (secondary N) is 1. The molecule has 156 valence electrons. The summed E-state index contributed by atoms with van der Waals surface area (Å²) in [4.78, 5) is 12.1. The number of fused-ring (bicyclic) bond motifs is 1. The fourth-order valence-electron chi connectivity index (χ4n) is 2.74. The zero-order valence-electron chi connectivity index (χ0n) is 17.6. The van der Waals surface area contributed by atoms with Crippen LogP contribution in [0, 0.1) is 0 Å². The molecule has 3 N–H and O–H groups in total. The summed E-state index contributed by atoms with van der Waals surface area (Å²) in [6.07, 6.45) is -6.13. The van der Waals surface area contributed by atoms with Gasteiger partial charge in [0.1, 0.15) is 30.3 Å². The lowest BCUT2D eigenvalue weighted by atomic mass is 10.1. The van der Waals surface area contributed by atoms with E-state index in [1.54, 1.807) is 18.2 Å². The number of para-hydroxylation sites is 1. The highest BCUT2D eigenvalue weighted by molar-refractivity contribution is 7.49. The molecule has 12 heteroatoms. The van der Waals surface area contributed by atoms with Gasteiger partial charge in [0, 0.05) is 17.8 Å². The van der Waals surface area contributed by atoms with Crippen LogP contribution in [-0.4, -0.2) is 51.8 Å². The predicted molar refractivity (Wildman–Crippen MR) is 94.4 cm³/mol. The Kier molecular flexibility index (Phi) is 4.10. The van der Waals surface area contributed by atoms with E-state index in [1.165, 1.54) is 6.07 Å². The molecule has 1 aromatic carbocycles. The lowest BCUT2D eigenvalue weighted by Crippen LogP contribution is -2.46. The summed E-state index contributed by atoms with van der Waals surface area (Å²) in [7, 11) is -4.75. The van der Waals surface area contributed by atoms with Gasteiger partial charge in [-0.1, -0.05) is 24.8 Å². The number of amides is 1. The van der Waals surface area contributed by atoms with Crippen molar-refractivity contribution in [1.29, 1.82) is 0 Å². The number of halogens is 1. The first-order valence-electron chi connectivity index (χ1n) is 9.77. The van der Waals surface area contributed by atoms with Crippen molar-refractivity contribution in [3.05, 3.63) is 54.5 Å². The molecule has 0 radical (unpaired) electrons. The van der Waals surface area contributed by atoms with E-state index >= 15 is 4.39 Å². The van der Waals surface area contributed by atoms with Gasteiger partial charge in [-0.15, -0.1) is 0 Å². The summed E-state index contributed by atoms with van der Waals surface area (Å²) in [6, 6.07) is 6.21. The number of benzene rings is 1. The van der Waals surface area contributed by atoms with Gasteiger partial charge < -0.3 is 29.7 Å². The van der Waals surface area contributed by atoms with Crippen molar-refractivity contribution in [2.24, 2.45) is 0 Å². The Morgan fingerprint density at radius 2 is 2.28 bits per heavy atom. The molecule has 10 nitrogen and oxygen atoms in total. The normalized spacial score (nSPS) is 41.1. The van der Waals surface area contributed by atoms with Gasteiger partial charge >= 0.3 is 7.82 Å². The zero-order chi connectivity index (χ0) is 23.5. The molecule has 3 aliphatic heterocycles. The van der Waals surface area contributed by atoms with E-state index in [0.29, 0.717) is 10.5 Å². The highest BCUT2D eigenvalue weighted by Crippen LogP contribution is 2.55. The van der Waals surface area contributed by atoms with Crippen LogP contribution in [0.4, 0.5) is 4.39 Å². The third-order valence-electron chi connectivity index (χ3n) is 4.21. The second-order valence-corrected chi connectivity index (χ2v) is 7.73. The van der Waals surface area contributed by atoms with E-state index < -0.39 is 44.6 Å². The smallest absolute Gasteiger partial charge is 0.404 e. The van der Waals surface area contributed by atoms with Crippen molar-refractivity contribution >= 4 is 13.7 Å². The molecule has 1 aromatic rings. The van der Waals surface area contributed by atoms with Crippen LogP contribution in [-0.2, 0) is 29.8 Å². The van der Waals surface area contributed by atoms with Crippen molar-refractivity contribution in [3.63, 3.8) is 0 Å². The van der Waals surface area contributed by atoms with Crippen molar-refractivity contribution < 1.29 is 46.4 Å². The van der Waals surface area contributed by atoms with Gasteiger partial charge in [0.25, 0.3) is 11.8 Å². The highest BCUT2D eigenvalue weighted by Gasteiger charge is 2.58. The van der Waals surface area contributed by atoms with Gasteiger partial charge in [-0.3, -0.25) is 13.8 Å². The topological polar surface area (TPSA) is 127 Å². The lowest BCUT2D eigenvalue weighted by molar-refractivity contribution is -0.208. The molecule has 1 fully saturated rings. The molecule has 3 aliphatic rings. The van der Waals surface area contributed by atoms with Crippen molar-refractivity contribution in [2.45, 2.75) is 30.9 Å². The standard InChI is InChI=1S/C17H18FN2O8P/c1-10-19-13(21)6-7-20(10)16-14(22)15(23)17(18,27-16)9-26-29(24)25-8-11-4-2-3-5-12(11)28-29/h2-7,14-16,22-23H,1,8-9H2,(H,19,21)/t14-,15+,16-,17-,29?/m1/s1/i9D2,16D. The maximum Gasteiger partial charge on any atom is 0.530 e. The van der Waals surface area contributed by atoms with Gasteiger partial charge in [-0.05, 0) is 6.07 Å². The molecule has 29 heavy (non-hydrogen) atoms. The molecule has 0 spiro atoms. The number of aliphatic hydroxyl groups is 2. The number of rotatable bonds is 4. The highest BCUT2D eigenvalue weighted by atomic mass is 31.2. The SMILES string of the molecule is [2H]C([2H])(OP1(=O)OCc2ccccc2O1)[C@@]1(F)O[C@@]([2H])(N2C=CC(=O)NC2=C)[C@H](O)[C@@H]1O. The molecule has 3 heterocycles. The Labute approximate surface area is 168 Å². The van der Waals surface area contributed by atoms with Crippen molar-refractivity contribution in [1.82, 2.24) is 10.2 Å². The number of hydrogen-bond acceptors (Lipinski definition) is 9. The first-order chi connectivity index (χ1) is 14.8. The number of phosphoric acid groups is 1. The first kappa shape index (κ1) is 16.5. The van der Waals surface area contributed by atoms with Crippen LogP contribution in [0.15, 0.2) is 48.9 Å². The van der Waals surface area contributed by atoms with Gasteiger partial charge in [0.05, 0.1) is 10.7 Å². The minimum absolute atomic E-state index is 0.0547. The molecule has 5 atom stereocenters. The van der Waals surface area contributed by atoms with E-state index in [1.807, 2.05) is 0 Å². The lowest BCUT2D eigenvalue weighted by Gasteiger charge is -2.32. The molecule has 1 unspecified atom stereocenters. The molecule has 0 aliphatic carbocycles. The maximum atomic E-state index is 15.8. The molecule has 1 amide bonds. The fraction of sp³-hybridized carbons (Fsp3) is 0.353. The third kappa shape index (κ3) is 3.68. The van der Waals surface area contributed by atoms with Gasteiger partial charge in [0.2, 0.25) is 0 Å². The summed E-state index contributed by atoms with van der Waals surface area (Å²) < 4.78 is 72.6. The summed E-state index contributed by atoms with van der Waals surface area (Å²) in [5, 5.41) is 22.9. The molecule has 1 saturated heterocycles. The van der Waals surface area contributed by atoms with E-state index in [-0.39, 0.29) is 18.2 Å². The summed E-state index contributed by atoms with van der Waals surface area (Å²) in [5.41, 5.74) is 0.480. The second kappa shape index (κ2) is 7.21. The van der Waals surface area contributed by atoms with Crippen LogP contribution in [0.25, 0.3) is 0 Å². The molecule has 0 bridgehead atoms. The number of carbonyl (C=O) groups excluding carboxylic acids is 1.